The lowest BCUT2D eigenvalue weighted by Crippen LogP contribution is -2.38. The van der Waals surface area contributed by atoms with E-state index in [9.17, 15) is 21.6 Å². The summed E-state index contributed by atoms with van der Waals surface area (Å²) in [6.07, 6.45) is 3.73. The van der Waals surface area contributed by atoms with Gasteiger partial charge in [-0.2, -0.15) is 4.31 Å². The van der Waals surface area contributed by atoms with Crippen LogP contribution < -0.4 is 9.62 Å². The molecule has 3 aromatic carbocycles. The predicted octanol–water partition coefficient (Wildman–Crippen LogP) is 5.01. The molecule has 1 amide bonds. The average Bonchev–Trinajstić information content (AvgIpc) is 3.20. The SMILES string of the molecule is Cc1ccc(S(=O)(=O)N(CC(=O)Nc2ccc(S(=O)(=O)N3CCCCCC3)cc2)c2cccc(C)c2C)cc1. The van der Waals surface area contributed by atoms with E-state index in [-0.39, 0.29) is 9.79 Å². The molecular formula is C29H35N3O5S2. The van der Waals surface area contributed by atoms with Crippen molar-refractivity contribution in [3.8, 4) is 0 Å². The first-order chi connectivity index (χ1) is 18.5. The highest BCUT2D eigenvalue weighted by Gasteiger charge is 2.29. The van der Waals surface area contributed by atoms with Gasteiger partial charge in [0.2, 0.25) is 15.9 Å². The van der Waals surface area contributed by atoms with E-state index in [0.717, 1.165) is 46.7 Å². The van der Waals surface area contributed by atoms with Crippen LogP contribution in [0.25, 0.3) is 0 Å². The third kappa shape index (κ3) is 6.51. The molecule has 0 spiro atoms. The van der Waals surface area contributed by atoms with E-state index < -0.39 is 32.5 Å². The molecule has 1 heterocycles. The normalized spacial score (nSPS) is 14.9. The lowest BCUT2D eigenvalue weighted by Gasteiger charge is -2.26. The van der Waals surface area contributed by atoms with Crippen LogP contribution in [0.2, 0.25) is 0 Å². The molecule has 0 radical (unpaired) electrons. The Bertz CT molecular complexity index is 1530. The van der Waals surface area contributed by atoms with Gasteiger partial charge in [0.25, 0.3) is 10.0 Å². The molecule has 1 aliphatic heterocycles. The number of amides is 1. The van der Waals surface area contributed by atoms with Gasteiger partial charge in [0.15, 0.2) is 0 Å². The Balaban J connectivity index is 1.57. The van der Waals surface area contributed by atoms with Crippen LogP contribution in [-0.2, 0) is 24.8 Å². The van der Waals surface area contributed by atoms with E-state index >= 15 is 0 Å². The highest BCUT2D eigenvalue weighted by Crippen LogP contribution is 2.29. The van der Waals surface area contributed by atoms with Gasteiger partial charge < -0.3 is 5.32 Å². The summed E-state index contributed by atoms with van der Waals surface area (Å²) >= 11 is 0. The van der Waals surface area contributed by atoms with Crippen molar-refractivity contribution in [2.45, 2.75) is 56.2 Å². The molecule has 0 aliphatic carbocycles. The Labute approximate surface area is 231 Å². The second-order valence-corrected chi connectivity index (χ2v) is 13.7. The summed E-state index contributed by atoms with van der Waals surface area (Å²) < 4.78 is 56.2. The van der Waals surface area contributed by atoms with Crippen LogP contribution in [0, 0.1) is 20.8 Å². The number of aryl methyl sites for hydroxylation is 2. The molecule has 1 aliphatic rings. The van der Waals surface area contributed by atoms with Crippen molar-refractivity contribution in [3.63, 3.8) is 0 Å². The highest BCUT2D eigenvalue weighted by molar-refractivity contribution is 7.92. The van der Waals surface area contributed by atoms with E-state index in [2.05, 4.69) is 5.32 Å². The largest absolute Gasteiger partial charge is 0.325 e. The van der Waals surface area contributed by atoms with Crippen LogP contribution in [0.5, 0.6) is 0 Å². The molecule has 10 heteroatoms. The van der Waals surface area contributed by atoms with Gasteiger partial charge in [0, 0.05) is 18.8 Å². The number of hydrogen-bond acceptors (Lipinski definition) is 5. The summed E-state index contributed by atoms with van der Waals surface area (Å²) in [7, 11) is -7.67. The summed E-state index contributed by atoms with van der Waals surface area (Å²) in [5.41, 5.74) is 3.38. The molecule has 208 valence electrons. The first kappa shape index (κ1) is 28.8. The fourth-order valence-electron chi connectivity index (χ4n) is 4.62. The summed E-state index contributed by atoms with van der Waals surface area (Å²) in [5.74, 6) is -0.547. The van der Waals surface area contributed by atoms with Gasteiger partial charge in [-0.3, -0.25) is 9.10 Å². The molecule has 0 saturated carbocycles. The molecule has 39 heavy (non-hydrogen) atoms. The van der Waals surface area contributed by atoms with E-state index in [0.29, 0.717) is 24.5 Å². The lowest BCUT2D eigenvalue weighted by molar-refractivity contribution is -0.114. The maximum Gasteiger partial charge on any atom is 0.264 e. The first-order valence-corrected chi connectivity index (χ1v) is 15.9. The summed E-state index contributed by atoms with van der Waals surface area (Å²) in [6, 6.07) is 17.8. The maximum absolute atomic E-state index is 13.7. The lowest BCUT2D eigenvalue weighted by atomic mass is 10.1. The van der Waals surface area contributed by atoms with Crippen molar-refractivity contribution < 1.29 is 21.6 Å². The van der Waals surface area contributed by atoms with Crippen molar-refractivity contribution in [2.75, 3.05) is 29.3 Å². The van der Waals surface area contributed by atoms with Crippen LogP contribution >= 0.6 is 0 Å². The number of nitrogens with zero attached hydrogens (tertiary/aromatic N) is 2. The number of hydrogen-bond donors (Lipinski definition) is 1. The molecule has 0 aromatic heterocycles. The van der Waals surface area contributed by atoms with E-state index in [1.54, 1.807) is 24.3 Å². The fourth-order valence-corrected chi connectivity index (χ4v) is 7.61. The Kier molecular flexibility index (Phi) is 8.78. The number of rotatable bonds is 8. The smallest absolute Gasteiger partial charge is 0.264 e. The second-order valence-electron chi connectivity index (χ2n) is 9.93. The van der Waals surface area contributed by atoms with Gasteiger partial charge in [0.1, 0.15) is 6.54 Å². The molecule has 8 nitrogen and oxygen atoms in total. The quantitative estimate of drug-likeness (QED) is 0.411. The maximum atomic E-state index is 13.7. The fraction of sp³-hybridized carbons (Fsp3) is 0.345. The average molecular weight is 570 g/mol. The third-order valence-electron chi connectivity index (χ3n) is 7.08. The van der Waals surface area contributed by atoms with E-state index in [1.807, 2.05) is 26.8 Å². The summed E-state index contributed by atoms with van der Waals surface area (Å²) in [5, 5.41) is 2.72. The zero-order valence-electron chi connectivity index (χ0n) is 22.6. The molecule has 1 N–H and O–H groups in total. The summed E-state index contributed by atoms with van der Waals surface area (Å²) in [6.45, 7) is 6.14. The van der Waals surface area contributed by atoms with Crippen molar-refractivity contribution in [1.29, 1.82) is 0 Å². The number of carbonyl (C=O) groups excluding carboxylic acids is 1. The molecule has 3 aromatic rings. The highest BCUT2D eigenvalue weighted by atomic mass is 32.2. The van der Waals surface area contributed by atoms with Crippen LogP contribution in [0.1, 0.15) is 42.4 Å². The van der Waals surface area contributed by atoms with Crippen LogP contribution in [0.3, 0.4) is 0 Å². The van der Waals surface area contributed by atoms with Crippen molar-refractivity contribution in [2.24, 2.45) is 0 Å². The molecule has 0 bridgehead atoms. The van der Waals surface area contributed by atoms with Gasteiger partial charge in [-0.1, -0.05) is 42.7 Å². The van der Waals surface area contributed by atoms with Gasteiger partial charge in [-0.05, 0) is 87.2 Å². The van der Waals surface area contributed by atoms with E-state index in [4.69, 9.17) is 0 Å². The zero-order chi connectivity index (χ0) is 28.2. The second kappa shape index (κ2) is 11.9. The van der Waals surface area contributed by atoms with Gasteiger partial charge in [-0.15, -0.1) is 0 Å². The van der Waals surface area contributed by atoms with E-state index in [1.165, 1.54) is 40.7 Å². The minimum Gasteiger partial charge on any atom is -0.325 e. The van der Waals surface area contributed by atoms with Crippen LogP contribution in [0.4, 0.5) is 11.4 Å². The minimum atomic E-state index is -4.05. The standard InChI is InChI=1S/C29H35N3O5S2/c1-22-11-15-27(16-12-22)39(36,37)32(28-10-8-9-23(2)24(28)3)21-29(33)30-25-13-17-26(18-14-25)38(34,35)31-19-6-4-5-7-20-31/h8-18H,4-7,19-21H2,1-3H3,(H,30,33). The summed E-state index contributed by atoms with van der Waals surface area (Å²) in [4.78, 5) is 13.4. The number of carbonyl (C=O) groups is 1. The molecule has 0 unspecified atom stereocenters. The molecule has 1 saturated heterocycles. The Hall–Kier alpha value is -3.21. The van der Waals surface area contributed by atoms with Gasteiger partial charge in [0.05, 0.1) is 15.5 Å². The predicted molar refractivity (Wildman–Crippen MR) is 154 cm³/mol. The molecule has 4 rings (SSSR count). The van der Waals surface area contributed by atoms with Crippen molar-refractivity contribution in [3.05, 3.63) is 83.4 Å². The Morgan fingerprint density at radius 3 is 2.00 bits per heavy atom. The number of sulfonamides is 2. The molecular weight excluding hydrogens is 534 g/mol. The van der Waals surface area contributed by atoms with Gasteiger partial charge in [-0.25, -0.2) is 16.8 Å². The zero-order valence-corrected chi connectivity index (χ0v) is 24.2. The third-order valence-corrected chi connectivity index (χ3v) is 10.8. The topological polar surface area (TPSA) is 104 Å². The van der Waals surface area contributed by atoms with Crippen LogP contribution in [0.15, 0.2) is 76.5 Å². The number of benzene rings is 3. The Morgan fingerprint density at radius 1 is 0.795 bits per heavy atom. The first-order valence-electron chi connectivity index (χ1n) is 13.1. The molecule has 1 fully saturated rings. The van der Waals surface area contributed by atoms with Gasteiger partial charge >= 0.3 is 0 Å². The molecule has 0 atom stereocenters. The van der Waals surface area contributed by atoms with Crippen LogP contribution in [-0.4, -0.2) is 46.7 Å². The minimum absolute atomic E-state index is 0.0879. The van der Waals surface area contributed by atoms with Crippen molar-refractivity contribution >= 4 is 37.3 Å². The van der Waals surface area contributed by atoms with Crippen molar-refractivity contribution in [1.82, 2.24) is 4.31 Å². The number of nitrogens with one attached hydrogen (secondary N) is 1. The number of anilines is 2. The Morgan fingerprint density at radius 2 is 1.38 bits per heavy atom. The monoisotopic (exact) mass is 569 g/mol.